The number of amides is 1. The zero-order valence-electron chi connectivity index (χ0n) is 20.1. The molecule has 2 aromatic heterocycles. The van der Waals surface area contributed by atoms with Gasteiger partial charge in [0.1, 0.15) is 12.2 Å². The summed E-state index contributed by atoms with van der Waals surface area (Å²) in [4.78, 5) is 31.9. The van der Waals surface area contributed by atoms with Crippen molar-refractivity contribution in [3.63, 3.8) is 0 Å². The maximum Gasteiger partial charge on any atom is 0.410 e. The fraction of sp³-hybridized carbons (Fsp3) is 0.370. The number of ether oxygens (including phenoxy) is 2. The van der Waals surface area contributed by atoms with Crippen LogP contribution >= 0.6 is 11.9 Å². The molecule has 7 nitrogen and oxygen atoms in total. The Hall–Kier alpha value is -3.26. The second-order valence-corrected chi connectivity index (χ2v) is 11.2. The first-order valence-electron chi connectivity index (χ1n) is 11.8. The van der Waals surface area contributed by atoms with Crippen LogP contribution in [0.15, 0.2) is 65.6 Å². The minimum Gasteiger partial charge on any atom is -0.473 e. The second-order valence-electron chi connectivity index (χ2n) is 10.0. The first-order chi connectivity index (χ1) is 16.7. The van der Waals surface area contributed by atoms with Crippen LogP contribution < -0.4 is 10.3 Å². The molecule has 182 valence electrons. The lowest BCUT2D eigenvalue weighted by atomic mass is 9.92. The summed E-state index contributed by atoms with van der Waals surface area (Å²) in [6, 6.07) is 17.4. The predicted molar refractivity (Wildman–Crippen MR) is 137 cm³/mol. The Labute approximate surface area is 209 Å². The monoisotopic (exact) mass is 491 g/mol. The average Bonchev–Trinajstić information content (AvgIpc) is 2.83. The maximum atomic E-state index is 13.1. The van der Waals surface area contributed by atoms with E-state index in [0.29, 0.717) is 25.6 Å². The Bertz CT molecular complexity index is 1290. The van der Waals surface area contributed by atoms with Gasteiger partial charge in [-0.25, -0.2) is 9.78 Å². The maximum absolute atomic E-state index is 13.1. The summed E-state index contributed by atoms with van der Waals surface area (Å²) in [5, 5.41) is 0.163. The van der Waals surface area contributed by atoms with Crippen LogP contribution in [0, 0.1) is 0 Å². The van der Waals surface area contributed by atoms with E-state index in [1.165, 1.54) is 11.9 Å². The van der Waals surface area contributed by atoms with E-state index in [4.69, 9.17) is 9.47 Å². The molecule has 35 heavy (non-hydrogen) atoms. The molecule has 1 aromatic carbocycles. The van der Waals surface area contributed by atoms with Crippen molar-refractivity contribution in [2.75, 3.05) is 13.1 Å². The van der Waals surface area contributed by atoms with Gasteiger partial charge >= 0.3 is 6.09 Å². The molecule has 2 aliphatic rings. The fourth-order valence-corrected chi connectivity index (χ4v) is 5.85. The summed E-state index contributed by atoms with van der Waals surface area (Å²) >= 11 is 1.51. The van der Waals surface area contributed by atoms with Gasteiger partial charge in [-0.05, 0) is 68.0 Å². The molecule has 0 spiro atoms. The average molecular weight is 492 g/mol. The lowest BCUT2D eigenvalue weighted by molar-refractivity contribution is 0.0199. The number of pyridine rings is 2. The van der Waals surface area contributed by atoms with E-state index in [0.717, 1.165) is 28.8 Å². The van der Waals surface area contributed by atoms with Crippen LogP contribution in [-0.4, -0.2) is 43.9 Å². The summed E-state index contributed by atoms with van der Waals surface area (Å²) in [6.45, 7) is 7.16. The molecule has 2 atom stereocenters. The Morgan fingerprint density at radius 2 is 1.89 bits per heavy atom. The predicted octanol–water partition coefficient (Wildman–Crippen LogP) is 5.09. The molecule has 4 heterocycles. The van der Waals surface area contributed by atoms with E-state index >= 15 is 0 Å². The van der Waals surface area contributed by atoms with Gasteiger partial charge in [-0.1, -0.05) is 30.3 Å². The van der Waals surface area contributed by atoms with Crippen LogP contribution in [0.25, 0.3) is 11.1 Å². The fourth-order valence-electron chi connectivity index (χ4n) is 4.51. The molecule has 0 N–H and O–H groups in total. The van der Waals surface area contributed by atoms with Crippen LogP contribution in [0.2, 0.25) is 0 Å². The molecule has 1 amide bonds. The summed E-state index contributed by atoms with van der Waals surface area (Å²) in [5.41, 5.74) is 3.10. The van der Waals surface area contributed by atoms with Gasteiger partial charge in [-0.3, -0.25) is 8.77 Å². The third-order valence-corrected chi connectivity index (χ3v) is 7.29. The molecule has 2 bridgehead atoms. The number of benzene rings is 1. The zero-order valence-corrected chi connectivity index (χ0v) is 21.0. The lowest BCUT2D eigenvalue weighted by Gasteiger charge is -2.42. The Balaban J connectivity index is 1.38. The smallest absolute Gasteiger partial charge is 0.410 e. The molecule has 0 aliphatic carbocycles. The van der Waals surface area contributed by atoms with Gasteiger partial charge in [0, 0.05) is 48.3 Å². The number of carbonyl (C=O) groups excluding carboxylic acids is 1. The van der Waals surface area contributed by atoms with E-state index in [2.05, 4.69) is 11.1 Å². The Kier molecular flexibility index (Phi) is 6.32. The number of hydrogen-bond donors (Lipinski definition) is 0. The zero-order chi connectivity index (χ0) is 24.6. The van der Waals surface area contributed by atoms with Crippen molar-refractivity contribution in [3.8, 4) is 17.0 Å². The number of fused-ring (bicyclic) bond motifs is 4. The summed E-state index contributed by atoms with van der Waals surface area (Å²) < 4.78 is 13.3. The minimum atomic E-state index is -0.541. The number of hydrogen-bond acceptors (Lipinski definition) is 6. The number of aromatic nitrogens is 2. The van der Waals surface area contributed by atoms with E-state index in [1.807, 2.05) is 63.2 Å². The molecular weight excluding hydrogens is 462 g/mol. The minimum absolute atomic E-state index is 0.0496. The largest absolute Gasteiger partial charge is 0.473 e. The number of nitrogens with zero attached hydrogens (tertiary/aromatic N) is 3. The van der Waals surface area contributed by atoms with Crippen LogP contribution in [0.1, 0.15) is 44.4 Å². The molecule has 5 rings (SSSR count). The van der Waals surface area contributed by atoms with Crippen LogP contribution in [0.5, 0.6) is 5.88 Å². The molecule has 0 radical (unpaired) electrons. The third-order valence-electron chi connectivity index (χ3n) is 6.05. The number of carbonyl (C=O) groups is 1. The first kappa shape index (κ1) is 23.5. The molecule has 1 saturated heterocycles. The Morgan fingerprint density at radius 3 is 2.66 bits per heavy atom. The summed E-state index contributed by atoms with van der Waals surface area (Å²) in [6.07, 6.45) is 2.32. The van der Waals surface area contributed by atoms with Crippen molar-refractivity contribution in [2.24, 2.45) is 0 Å². The highest BCUT2D eigenvalue weighted by Gasteiger charge is 2.38. The Morgan fingerprint density at radius 1 is 1.09 bits per heavy atom. The van der Waals surface area contributed by atoms with Gasteiger partial charge < -0.3 is 14.4 Å². The van der Waals surface area contributed by atoms with Gasteiger partial charge in [-0.15, -0.1) is 0 Å². The van der Waals surface area contributed by atoms with Gasteiger partial charge in [0.05, 0.1) is 0 Å². The highest BCUT2D eigenvalue weighted by molar-refractivity contribution is 7.98. The molecule has 8 heteroatoms. The van der Waals surface area contributed by atoms with Crippen LogP contribution in [-0.2, 0) is 11.3 Å². The van der Waals surface area contributed by atoms with Crippen LogP contribution in [0.3, 0.4) is 0 Å². The molecular formula is C27H29N3O4S. The molecule has 0 saturated carbocycles. The van der Waals surface area contributed by atoms with E-state index in [9.17, 15) is 9.59 Å². The van der Waals surface area contributed by atoms with Crippen LogP contribution in [0.4, 0.5) is 4.79 Å². The van der Waals surface area contributed by atoms with Crippen molar-refractivity contribution in [1.82, 2.24) is 13.9 Å². The van der Waals surface area contributed by atoms with Crippen molar-refractivity contribution >= 4 is 18.0 Å². The normalized spacial score (nSPS) is 19.1. The van der Waals surface area contributed by atoms with Gasteiger partial charge in [0.2, 0.25) is 5.88 Å². The van der Waals surface area contributed by atoms with Gasteiger partial charge in [-0.2, -0.15) is 0 Å². The number of rotatable bonds is 4. The van der Waals surface area contributed by atoms with Gasteiger partial charge in [0.15, 0.2) is 0 Å². The number of piperidine rings is 1. The summed E-state index contributed by atoms with van der Waals surface area (Å²) in [5.74, 6) is 0.582. The van der Waals surface area contributed by atoms with E-state index in [1.54, 1.807) is 21.1 Å². The second kappa shape index (κ2) is 9.41. The quantitative estimate of drug-likeness (QED) is 0.506. The van der Waals surface area contributed by atoms with Crippen molar-refractivity contribution in [1.29, 1.82) is 0 Å². The molecule has 1 fully saturated rings. The number of likely N-dealkylation sites (tertiary alicyclic amines) is 1. The lowest BCUT2D eigenvalue weighted by Crippen LogP contribution is -2.49. The molecule has 2 aliphatic heterocycles. The van der Waals surface area contributed by atoms with E-state index < -0.39 is 5.60 Å². The van der Waals surface area contributed by atoms with Gasteiger partial charge in [0.25, 0.3) is 5.56 Å². The topological polar surface area (TPSA) is 73.7 Å². The molecule has 3 aromatic rings. The molecule has 2 unspecified atom stereocenters. The first-order valence-corrected chi connectivity index (χ1v) is 12.6. The third kappa shape index (κ3) is 5.37. The SMILES string of the molecule is CC(C)(C)OC(=O)N1CC2CC(C1)c1cc(-c3ccnc(OCc4ccccc4)c3)cc(=O)n1S2. The van der Waals surface area contributed by atoms with E-state index in [-0.39, 0.29) is 22.8 Å². The summed E-state index contributed by atoms with van der Waals surface area (Å²) in [7, 11) is 0. The van der Waals surface area contributed by atoms with Crippen molar-refractivity contribution < 1.29 is 14.3 Å². The van der Waals surface area contributed by atoms with Crippen molar-refractivity contribution in [3.05, 3.63) is 82.4 Å². The van der Waals surface area contributed by atoms with Crippen molar-refractivity contribution in [2.45, 2.75) is 50.6 Å². The standard InChI is InChI=1S/C27H29N3O4S/c1-27(2,3)34-26(32)29-15-21-11-22(16-29)35-30-23(21)12-20(14-25(30)31)19-9-10-28-24(13-19)33-17-18-7-5-4-6-8-18/h4-10,12-14,21-22H,11,15-17H2,1-3H3. The highest BCUT2D eigenvalue weighted by atomic mass is 32.2. The highest BCUT2D eigenvalue weighted by Crippen LogP contribution is 2.40.